The molecule has 1 aliphatic carbocycles. The molecule has 1 saturated heterocycles. The van der Waals surface area contributed by atoms with Crippen LogP contribution in [0.5, 0.6) is 0 Å². The summed E-state index contributed by atoms with van der Waals surface area (Å²) >= 11 is 0. The third kappa shape index (κ3) is 2.26. The van der Waals surface area contributed by atoms with Crippen molar-refractivity contribution in [3.8, 4) is 0 Å². The summed E-state index contributed by atoms with van der Waals surface area (Å²) in [6.45, 7) is 1.04. The number of carbonyl (C=O) groups is 4. The number of likely N-dealkylation sites (tertiary alicyclic amines) is 1. The average Bonchev–Trinajstić information content (AvgIpc) is 3.28. The molecule has 3 aliphatic rings. The van der Waals surface area contributed by atoms with Gasteiger partial charge in [0, 0.05) is 25.7 Å². The highest BCUT2D eigenvalue weighted by Gasteiger charge is 2.59. The van der Waals surface area contributed by atoms with Gasteiger partial charge in [-0.2, -0.15) is 0 Å². The first-order valence-corrected chi connectivity index (χ1v) is 8.32. The molecule has 2 heterocycles. The number of aliphatic carboxylic acids is 1. The Morgan fingerprint density at radius 3 is 2.36 bits per heavy atom. The lowest BCUT2D eigenvalue weighted by Crippen LogP contribution is -2.40. The van der Waals surface area contributed by atoms with E-state index in [-0.39, 0.29) is 28.7 Å². The molecule has 7 heteroatoms. The largest absolute Gasteiger partial charge is 0.481 e. The van der Waals surface area contributed by atoms with Crippen LogP contribution in [0.3, 0.4) is 0 Å². The van der Waals surface area contributed by atoms with Crippen LogP contribution >= 0.6 is 0 Å². The fraction of sp³-hybridized carbons (Fsp3) is 0.444. The lowest BCUT2D eigenvalue weighted by Gasteiger charge is -2.32. The maximum atomic E-state index is 12.7. The third-order valence-corrected chi connectivity index (χ3v) is 5.87. The van der Waals surface area contributed by atoms with Crippen LogP contribution in [-0.2, 0) is 4.79 Å². The number of carbonyl (C=O) groups excluding carboxylic acids is 3. The number of nitrogens with zero attached hydrogens (tertiary/aromatic N) is 2. The molecule has 1 spiro atoms. The quantitative estimate of drug-likeness (QED) is 0.816. The molecule has 1 saturated carbocycles. The van der Waals surface area contributed by atoms with E-state index in [4.69, 9.17) is 5.11 Å². The average molecular weight is 342 g/mol. The molecule has 1 N–H and O–H groups in total. The van der Waals surface area contributed by atoms with Crippen molar-refractivity contribution in [3.63, 3.8) is 0 Å². The summed E-state index contributed by atoms with van der Waals surface area (Å²) in [6.07, 6.45) is 2.09. The van der Waals surface area contributed by atoms with Crippen molar-refractivity contribution in [2.24, 2.45) is 11.3 Å². The highest BCUT2D eigenvalue weighted by atomic mass is 16.4. The minimum absolute atomic E-state index is 0.133. The molecule has 25 heavy (non-hydrogen) atoms. The topological polar surface area (TPSA) is 95.0 Å². The van der Waals surface area contributed by atoms with Crippen molar-refractivity contribution in [2.75, 3.05) is 20.1 Å². The second-order valence-electron chi connectivity index (χ2n) is 7.18. The fourth-order valence-electron chi connectivity index (χ4n) is 4.08. The van der Waals surface area contributed by atoms with Gasteiger partial charge in [-0.15, -0.1) is 0 Å². The van der Waals surface area contributed by atoms with Gasteiger partial charge in [-0.1, -0.05) is 0 Å². The van der Waals surface area contributed by atoms with E-state index in [0.717, 1.165) is 4.90 Å². The standard InChI is InChI=1S/C18H18N2O5/c1-19-15(22)11-3-2-10(8-12(11)16(19)23)14(21)20-6-4-18(5-7-20)9-13(18)17(24)25/h2-3,8,13H,4-7,9H2,1H3,(H,24,25). The van der Waals surface area contributed by atoms with Crippen LogP contribution in [0.4, 0.5) is 0 Å². The van der Waals surface area contributed by atoms with E-state index >= 15 is 0 Å². The van der Waals surface area contributed by atoms with Crippen LogP contribution in [0.25, 0.3) is 0 Å². The van der Waals surface area contributed by atoms with Gasteiger partial charge in [0.25, 0.3) is 17.7 Å². The number of imide groups is 1. The first-order valence-electron chi connectivity index (χ1n) is 8.32. The minimum atomic E-state index is -0.745. The molecule has 0 aromatic heterocycles. The van der Waals surface area contributed by atoms with Crippen molar-refractivity contribution in [1.29, 1.82) is 0 Å². The molecule has 1 aromatic carbocycles. The number of hydrogen-bond donors (Lipinski definition) is 1. The first kappa shape index (κ1) is 15.8. The third-order valence-electron chi connectivity index (χ3n) is 5.87. The Morgan fingerprint density at radius 1 is 1.12 bits per heavy atom. The maximum Gasteiger partial charge on any atom is 0.307 e. The van der Waals surface area contributed by atoms with Gasteiger partial charge in [-0.25, -0.2) is 0 Å². The predicted molar refractivity (Wildman–Crippen MR) is 86.2 cm³/mol. The lowest BCUT2D eigenvalue weighted by atomic mass is 9.90. The SMILES string of the molecule is CN1C(=O)c2ccc(C(=O)N3CCC4(CC3)CC4C(=O)O)cc2C1=O. The summed E-state index contributed by atoms with van der Waals surface area (Å²) in [6, 6.07) is 4.59. The Labute approximate surface area is 144 Å². The Bertz CT molecular complexity index is 823. The number of piperidine rings is 1. The summed E-state index contributed by atoms with van der Waals surface area (Å²) < 4.78 is 0. The van der Waals surface area contributed by atoms with Crippen molar-refractivity contribution in [3.05, 3.63) is 34.9 Å². The molecule has 4 rings (SSSR count). The van der Waals surface area contributed by atoms with E-state index < -0.39 is 11.9 Å². The summed E-state index contributed by atoms with van der Waals surface area (Å²) in [4.78, 5) is 50.6. The molecule has 3 amide bonds. The molecular weight excluding hydrogens is 324 g/mol. The molecule has 2 fully saturated rings. The van der Waals surface area contributed by atoms with E-state index in [1.54, 1.807) is 11.0 Å². The van der Waals surface area contributed by atoms with Gasteiger partial charge in [-0.05, 0) is 42.9 Å². The second-order valence-corrected chi connectivity index (χ2v) is 7.18. The number of fused-ring (bicyclic) bond motifs is 1. The summed E-state index contributed by atoms with van der Waals surface area (Å²) in [7, 11) is 1.42. The van der Waals surface area contributed by atoms with Crippen LogP contribution in [0.2, 0.25) is 0 Å². The number of carboxylic acid groups (broad SMARTS) is 1. The maximum absolute atomic E-state index is 12.7. The van der Waals surface area contributed by atoms with Gasteiger partial charge in [0.05, 0.1) is 17.0 Å². The van der Waals surface area contributed by atoms with E-state index in [1.165, 1.54) is 19.2 Å². The Morgan fingerprint density at radius 2 is 1.76 bits per heavy atom. The van der Waals surface area contributed by atoms with Gasteiger partial charge in [0.15, 0.2) is 0 Å². The Hall–Kier alpha value is -2.70. The Balaban J connectivity index is 1.49. The van der Waals surface area contributed by atoms with Crippen LogP contribution in [0.1, 0.15) is 50.3 Å². The van der Waals surface area contributed by atoms with Crippen LogP contribution in [-0.4, -0.2) is 58.7 Å². The zero-order chi connectivity index (χ0) is 17.9. The number of hydrogen-bond acceptors (Lipinski definition) is 4. The van der Waals surface area contributed by atoms with Gasteiger partial charge >= 0.3 is 5.97 Å². The lowest BCUT2D eigenvalue weighted by molar-refractivity contribution is -0.139. The summed E-state index contributed by atoms with van der Waals surface area (Å²) in [5.41, 5.74) is 0.840. The molecule has 1 aromatic rings. The number of rotatable bonds is 2. The summed E-state index contributed by atoms with van der Waals surface area (Å²) in [5.74, 6) is -1.95. The van der Waals surface area contributed by atoms with Gasteiger partial charge in [0.1, 0.15) is 0 Å². The first-order chi connectivity index (χ1) is 11.8. The zero-order valence-electron chi connectivity index (χ0n) is 13.8. The molecule has 7 nitrogen and oxygen atoms in total. The van der Waals surface area contributed by atoms with E-state index in [9.17, 15) is 19.2 Å². The highest BCUT2D eigenvalue weighted by molar-refractivity contribution is 6.21. The summed E-state index contributed by atoms with van der Waals surface area (Å²) in [5, 5.41) is 9.14. The molecule has 130 valence electrons. The normalized spacial score (nSPS) is 23.8. The van der Waals surface area contributed by atoms with Gasteiger partial charge in [0.2, 0.25) is 0 Å². The van der Waals surface area contributed by atoms with Gasteiger partial charge < -0.3 is 10.0 Å². The molecule has 0 bridgehead atoms. The fourth-order valence-corrected chi connectivity index (χ4v) is 4.08. The van der Waals surface area contributed by atoms with Crippen molar-refractivity contribution in [1.82, 2.24) is 9.80 Å². The molecular formula is C18H18N2O5. The van der Waals surface area contributed by atoms with Crippen molar-refractivity contribution >= 4 is 23.7 Å². The number of carboxylic acids is 1. The number of amides is 3. The monoisotopic (exact) mass is 342 g/mol. The van der Waals surface area contributed by atoms with Gasteiger partial charge in [-0.3, -0.25) is 24.1 Å². The van der Waals surface area contributed by atoms with Crippen LogP contribution < -0.4 is 0 Å². The minimum Gasteiger partial charge on any atom is -0.481 e. The molecule has 1 atom stereocenters. The molecule has 1 unspecified atom stereocenters. The van der Waals surface area contributed by atoms with E-state index in [0.29, 0.717) is 43.5 Å². The van der Waals surface area contributed by atoms with E-state index in [2.05, 4.69) is 0 Å². The predicted octanol–water partition coefficient (Wildman–Crippen LogP) is 1.24. The Kier molecular flexibility index (Phi) is 3.25. The van der Waals surface area contributed by atoms with Crippen molar-refractivity contribution in [2.45, 2.75) is 19.3 Å². The smallest absolute Gasteiger partial charge is 0.307 e. The zero-order valence-corrected chi connectivity index (χ0v) is 13.8. The molecule has 2 aliphatic heterocycles. The highest BCUT2D eigenvalue weighted by Crippen LogP contribution is 2.59. The second kappa shape index (κ2) is 5.15. The van der Waals surface area contributed by atoms with Crippen LogP contribution in [0, 0.1) is 11.3 Å². The van der Waals surface area contributed by atoms with E-state index in [1.807, 2.05) is 0 Å². The van der Waals surface area contributed by atoms with Crippen molar-refractivity contribution < 1.29 is 24.3 Å². The van der Waals surface area contributed by atoms with Crippen LogP contribution in [0.15, 0.2) is 18.2 Å². The number of benzene rings is 1. The molecule has 0 radical (unpaired) electrons.